The predicted octanol–water partition coefficient (Wildman–Crippen LogP) is 3.06. The van der Waals surface area contributed by atoms with Gasteiger partial charge in [-0.1, -0.05) is 13.8 Å². The van der Waals surface area contributed by atoms with Crippen LogP contribution in [-0.2, 0) is 11.3 Å². The molecule has 2 rings (SSSR count). The molecule has 0 bridgehead atoms. The van der Waals surface area contributed by atoms with Gasteiger partial charge >= 0.3 is 6.09 Å². The average molecular weight is 422 g/mol. The van der Waals surface area contributed by atoms with Crippen molar-refractivity contribution in [2.75, 3.05) is 13.1 Å². The number of fused-ring (bicyclic) bond motifs is 1. The maximum atomic E-state index is 12.4. The lowest BCUT2D eigenvalue weighted by molar-refractivity contribution is 0.0452. The summed E-state index contributed by atoms with van der Waals surface area (Å²) in [5.74, 6) is 2.46. The van der Waals surface area contributed by atoms with Crippen LogP contribution in [0.5, 0.6) is 0 Å². The molecule has 1 aromatic rings. The molecule has 0 aliphatic carbocycles. The van der Waals surface area contributed by atoms with Crippen LogP contribution in [0.15, 0.2) is 4.99 Å². The van der Waals surface area contributed by atoms with Gasteiger partial charge < -0.3 is 20.7 Å². The number of nitrogens with zero attached hydrogens (tertiary/aromatic N) is 4. The first-order valence-electron chi connectivity index (χ1n) is 11.1. The van der Waals surface area contributed by atoms with E-state index in [1.165, 1.54) is 0 Å². The van der Waals surface area contributed by atoms with Crippen LogP contribution in [0.1, 0.15) is 84.9 Å². The molecule has 9 heteroatoms. The molecule has 1 unspecified atom stereocenters. The number of guanidine groups is 1. The summed E-state index contributed by atoms with van der Waals surface area (Å²) in [6.07, 6.45) is 3.12. The summed E-state index contributed by atoms with van der Waals surface area (Å²) >= 11 is 0. The van der Waals surface area contributed by atoms with Crippen molar-refractivity contribution >= 4 is 12.1 Å². The van der Waals surface area contributed by atoms with Crippen molar-refractivity contribution in [1.82, 2.24) is 30.7 Å². The van der Waals surface area contributed by atoms with Crippen LogP contribution in [-0.4, -0.2) is 51.0 Å². The monoisotopic (exact) mass is 421 g/mol. The van der Waals surface area contributed by atoms with Gasteiger partial charge in [0.05, 0.1) is 18.1 Å². The SMILES string of the molecule is CCNC(=NCC(CC)(CC)NC(=O)OC(C)(C)C)NC1CCCn2nc(C)nc21. The van der Waals surface area contributed by atoms with E-state index in [1.807, 2.05) is 39.3 Å². The number of alkyl carbamates (subject to hydrolysis) is 1. The lowest BCUT2D eigenvalue weighted by atomic mass is 9.93. The topological polar surface area (TPSA) is 105 Å². The Bertz CT molecular complexity index is 732. The third-order valence-electron chi connectivity index (χ3n) is 5.30. The molecule has 1 aliphatic rings. The molecule has 1 aliphatic heterocycles. The van der Waals surface area contributed by atoms with Gasteiger partial charge in [0, 0.05) is 13.1 Å². The molecule has 1 atom stereocenters. The molecule has 0 saturated carbocycles. The van der Waals surface area contributed by atoms with Crippen molar-refractivity contribution in [3.05, 3.63) is 11.6 Å². The maximum absolute atomic E-state index is 12.4. The number of nitrogens with one attached hydrogen (secondary N) is 3. The zero-order valence-electron chi connectivity index (χ0n) is 19.6. The highest BCUT2D eigenvalue weighted by Gasteiger charge is 2.31. The Morgan fingerprint density at radius 2 is 1.97 bits per heavy atom. The van der Waals surface area contributed by atoms with E-state index in [0.717, 1.165) is 50.4 Å². The minimum absolute atomic E-state index is 0.0641. The van der Waals surface area contributed by atoms with Gasteiger partial charge in [0.2, 0.25) is 0 Å². The van der Waals surface area contributed by atoms with Gasteiger partial charge in [0.25, 0.3) is 0 Å². The highest BCUT2D eigenvalue weighted by atomic mass is 16.6. The van der Waals surface area contributed by atoms with Crippen LogP contribution >= 0.6 is 0 Å². The number of ether oxygens (including phenoxy) is 1. The summed E-state index contributed by atoms with van der Waals surface area (Å²) in [5, 5.41) is 14.4. The number of hydrogen-bond donors (Lipinski definition) is 3. The summed E-state index contributed by atoms with van der Waals surface area (Å²) in [5.41, 5.74) is -1.00. The zero-order chi connectivity index (χ0) is 22.4. The summed E-state index contributed by atoms with van der Waals surface area (Å²) in [6.45, 7) is 15.8. The molecule has 0 radical (unpaired) electrons. The number of hydrogen-bond acceptors (Lipinski definition) is 5. The maximum Gasteiger partial charge on any atom is 0.408 e. The van der Waals surface area contributed by atoms with Gasteiger partial charge in [-0.2, -0.15) is 5.10 Å². The number of amides is 1. The fourth-order valence-electron chi connectivity index (χ4n) is 3.53. The highest BCUT2D eigenvalue weighted by molar-refractivity contribution is 5.80. The van der Waals surface area contributed by atoms with Crippen LogP contribution in [0.4, 0.5) is 4.79 Å². The number of aryl methyl sites for hydroxylation is 2. The first-order chi connectivity index (χ1) is 14.1. The van der Waals surface area contributed by atoms with Gasteiger partial charge in [0.15, 0.2) is 5.96 Å². The standard InChI is InChI=1S/C21H39N7O2/c1-8-21(9-2,26-19(29)30-20(5,6)7)14-23-18(22-10-3)25-16-12-11-13-28-17(16)24-15(4)27-28/h16H,8-14H2,1-7H3,(H,26,29)(H2,22,23,25). The zero-order valence-corrected chi connectivity index (χ0v) is 19.6. The number of carbonyl (C=O) groups is 1. The molecule has 0 aromatic carbocycles. The van der Waals surface area contributed by atoms with E-state index in [0.29, 0.717) is 12.5 Å². The van der Waals surface area contributed by atoms with E-state index in [4.69, 9.17) is 9.73 Å². The van der Waals surface area contributed by atoms with Crippen molar-refractivity contribution in [2.45, 2.75) is 97.9 Å². The molecule has 30 heavy (non-hydrogen) atoms. The van der Waals surface area contributed by atoms with Gasteiger partial charge in [-0.25, -0.2) is 14.5 Å². The fourth-order valence-corrected chi connectivity index (χ4v) is 3.53. The van der Waals surface area contributed by atoms with Crippen LogP contribution in [0.3, 0.4) is 0 Å². The lowest BCUT2D eigenvalue weighted by Crippen LogP contribution is -2.52. The normalized spacial score (nSPS) is 17.3. The molecule has 0 spiro atoms. The summed E-state index contributed by atoms with van der Waals surface area (Å²) in [6, 6.07) is 0.0641. The van der Waals surface area contributed by atoms with E-state index in [9.17, 15) is 4.79 Å². The lowest BCUT2D eigenvalue weighted by Gasteiger charge is -2.33. The molecule has 1 aromatic heterocycles. The molecule has 3 N–H and O–H groups in total. The largest absolute Gasteiger partial charge is 0.444 e. The Morgan fingerprint density at radius 1 is 1.27 bits per heavy atom. The summed E-state index contributed by atoms with van der Waals surface area (Å²) in [7, 11) is 0. The Morgan fingerprint density at radius 3 is 2.57 bits per heavy atom. The van der Waals surface area contributed by atoms with Gasteiger partial charge in [0.1, 0.15) is 17.2 Å². The number of aromatic nitrogens is 3. The van der Waals surface area contributed by atoms with Gasteiger partial charge in [-0.15, -0.1) is 0 Å². The Balaban J connectivity index is 2.13. The van der Waals surface area contributed by atoms with Crippen molar-refractivity contribution in [3.8, 4) is 0 Å². The number of carbonyl (C=O) groups excluding carboxylic acids is 1. The number of aliphatic imine (C=N–C) groups is 1. The third-order valence-corrected chi connectivity index (χ3v) is 5.30. The third kappa shape index (κ3) is 6.60. The quantitative estimate of drug-likeness (QED) is 0.462. The van der Waals surface area contributed by atoms with Crippen molar-refractivity contribution in [2.24, 2.45) is 4.99 Å². The van der Waals surface area contributed by atoms with E-state index in [1.54, 1.807) is 0 Å². The second kappa shape index (κ2) is 10.1. The molecule has 0 saturated heterocycles. The molecule has 0 fully saturated rings. The van der Waals surface area contributed by atoms with E-state index < -0.39 is 17.2 Å². The van der Waals surface area contributed by atoms with Crippen molar-refractivity contribution < 1.29 is 9.53 Å². The molecule has 9 nitrogen and oxygen atoms in total. The van der Waals surface area contributed by atoms with E-state index in [-0.39, 0.29) is 6.04 Å². The van der Waals surface area contributed by atoms with Crippen molar-refractivity contribution in [3.63, 3.8) is 0 Å². The van der Waals surface area contributed by atoms with Gasteiger partial charge in [-0.3, -0.25) is 4.99 Å². The van der Waals surface area contributed by atoms with Crippen molar-refractivity contribution in [1.29, 1.82) is 0 Å². The average Bonchev–Trinajstić information content (AvgIpc) is 3.05. The molecule has 170 valence electrons. The second-order valence-electron chi connectivity index (χ2n) is 8.89. The van der Waals surface area contributed by atoms with Crippen LogP contribution in [0.2, 0.25) is 0 Å². The number of rotatable bonds is 7. The fraction of sp³-hybridized carbons (Fsp3) is 0.810. The minimum Gasteiger partial charge on any atom is -0.444 e. The first-order valence-corrected chi connectivity index (χ1v) is 11.1. The Labute approximate surface area is 180 Å². The van der Waals surface area contributed by atoms with E-state index >= 15 is 0 Å². The molecular weight excluding hydrogens is 382 g/mol. The highest BCUT2D eigenvalue weighted by Crippen LogP contribution is 2.23. The first kappa shape index (κ1) is 24.0. The van der Waals surface area contributed by atoms with Crippen LogP contribution < -0.4 is 16.0 Å². The molecule has 1 amide bonds. The Hall–Kier alpha value is -2.32. The molecular formula is C21H39N7O2. The minimum atomic E-state index is -0.536. The summed E-state index contributed by atoms with van der Waals surface area (Å²) in [4.78, 5) is 21.8. The van der Waals surface area contributed by atoms with Gasteiger partial charge in [-0.05, 0) is 60.3 Å². The van der Waals surface area contributed by atoms with Crippen LogP contribution in [0, 0.1) is 6.92 Å². The second-order valence-corrected chi connectivity index (χ2v) is 8.89. The van der Waals surface area contributed by atoms with E-state index in [2.05, 4.69) is 39.9 Å². The predicted molar refractivity (Wildman–Crippen MR) is 119 cm³/mol. The van der Waals surface area contributed by atoms with Crippen LogP contribution in [0.25, 0.3) is 0 Å². The smallest absolute Gasteiger partial charge is 0.408 e. The Kier molecular flexibility index (Phi) is 8.09. The summed E-state index contributed by atoms with van der Waals surface area (Å²) < 4.78 is 7.45. The molecule has 2 heterocycles.